The second-order valence-electron chi connectivity index (χ2n) is 4.82. The number of anilines is 1. The second-order valence-corrected chi connectivity index (χ2v) is 5.15. The van der Waals surface area contributed by atoms with Crippen molar-refractivity contribution in [1.29, 1.82) is 0 Å². The van der Waals surface area contributed by atoms with Crippen molar-refractivity contribution in [2.45, 2.75) is 20.0 Å². The smallest absolute Gasteiger partial charge is 0.229 e. The van der Waals surface area contributed by atoms with Crippen LogP contribution in [0, 0.1) is 0 Å². The lowest BCUT2D eigenvalue weighted by molar-refractivity contribution is 0.242. The second kappa shape index (κ2) is 6.05. The summed E-state index contributed by atoms with van der Waals surface area (Å²) in [5.41, 5.74) is 0.843. The zero-order valence-corrected chi connectivity index (χ0v) is 12.7. The number of ether oxygens (including phenoxy) is 1. The van der Waals surface area contributed by atoms with Gasteiger partial charge in [0.2, 0.25) is 11.2 Å². The van der Waals surface area contributed by atoms with Crippen LogP contribution in [-0.4, -0.2) is 35.2 Å². The molecule has 0 aliphatic rings. The zero-order chi connectivity index (χ0) is 14.7. The number of halogens is 1. The predicted molar refractivity (Wildman–Crippen MR) is 80.4 cm³/mol. The lowest BCUT2D eigenvalue weighted by Crippen LogP contribution is -2.14. The monoisotopic (exact) mass is 292 g/mol. The van der Waals surface area contributed by atoms with Crippen LogP contribution in [0.2, 0.25) is 5.28 Å². The van der Waals surface area contributed by atoms with Gasteiger partial charge in [0.15, 0.2) is 5.82 Å². The maximum Gasteiger partial charge on any atom is 0.229 e. The van der Waals surface area contributed by atoms with E-state index in [0.717, 1.165) is 11.3 Å². The van der Waals surface area contributed by atoms with Crippen molar-refractivity contribution < 1.29 is 4.74 Å². The first-order valence-electron chi connectivity index (χ1n) is 6.31. The Bertz CT molecular complexity index is 601. The first-order valence-corrected chi connectivity index (χ1v) is 6.69. The van der Waals surface area contributed by atoms with E-state index in [2.05, 4.69) is 15.0 Å². The van der Waals surface area contributed by atoms with Crippen LogP contribution in [0.4, 0.5) is 5.95 Å². The fourth-order valence-corrected chi connectivity index (χ4v) is 1.81. The highest BCUT2D eigenvalue weighted by Crippen LogP contribution is 2.23. The standard InChI is InChI=1S/C14H17ClN4O/c1-9(2)20-11-7-5-6-10(8-11)12-16-13(15)18-14(17-12)19(3)4/h5-9H,1-4H3. The Morgan fingerprint density at radius 2 is 1.90 bits per heavy atom. The van der Waals surface area contributed by atoms with Crippen LogP contribution in [0.1, 0.15) is 13.8 Å². The van der Waals surface area contributed by atoms with E-state index in [9.17, 15) is 0 Å². The van der Waals surface area contributed by atoms with Crippen molar-refractivity contribution in [3.63, 3.8) is 0 Å². The van der Waals surface area contributed by atoms with E-state index >= 15 is 0 Å². The summed E-state index contributed by atoms with van der Waals surface area (Å²) in [6.07, 6.45) is 0.115. The molecule has 0 bridgehead atoms. The fourth-order valence-electron chi connectivity index (χ4n) is 1.65. The molecule has 0 spiro atoms. The lowest BCUT2D eigenvalue weighted by atomic mass is 10.2. The average molecular weight is 293 g/mol. The van der Waals surface area contributed by atoms with Crippen molar-refractivity contribution in [2.75, 3.05) is 19.0 Å². The first-order chi connectivity index (χ1) is 9.45. The van der Waals surface area contributed by atoms with Crippen LogP contribution >= 0.6 is 11.6 Å². The minimum Gasteiger partial charge on any atom is -0.491 e. The van der Waals surface area contributed by atoms with Crippen molar-refractivity contribution in [1.82, 2.24) is 15.0 Å². The SMILES string of the molecule is CC(C)Oc1cccc(-c2nc(Cl)nc(N(C)C)n2)c1. The number of benzene rings is 1. The lowest BCUT2D eigenvalue weighted by Gasteiger charge is -2.12. The summed E-state index contributed by atoms with van der Waals surface area (Å²) in [6.45, 7) is 3.97. The van der Waals surface area contributed by atoms with Gasteiger partial charge in [0.05, 0.1) is 6.10 Å². The largest absolute Gasteiger partial charge is 0.491 e. The Kier molecular flexibility index (Phi) is 4.39. The Balaban J connectivity index is 2.40. The van der Waals surface area contributed by atoms with Crippen LogP contribution < -0.4 is 9.64 Å². The molecule has 0 fully saturated rings. The molecule has 106 valence electrons. The molecule has 0 amide bonds. The first kappa shape index (κ1) is 14.5. The van der Waals surface area contributed by atoms with Crippen LogP contribution in [0.25, 0.3) is 11.4 Å². The van der Waals surface area contributed by atoms with Crippen LogP contribution in [0.15, 0.2) is 24.3 Å². The summed E-state index contributed by atoms with van der Waals surface area (Å²) in [4.78, 5) is 14.4. The molecule has 0 atom stereocenters. The number of nitrogens with zero attached hydrogens (tertiary/aromatic N) is 4. The van der Waals surface area contributed by atoms with Gasteiger partial charge in [-0.3, -0.25) is 0 Å². The third-order valence-corrected chi connectivity index (χ3v) is 2.63. The number of hydrogen-bond acceptors (Lipinski definition) is 5. The fraction of sp³-hybridized carbons (Fsp3) is 0.357. The molecular weight excluding hydrogens is 276 g/mol. The molecule has 2 aromatic rings. The van der Waals surface area contributed by atoms with Gasteiger partial charge in [-0.15, -0.1) is 0 Å². The predicted octanol–water partition coefficient (Wildman–Crippen LogP) is 3.05. The van der Waals surface area contributed by atoms with Gasteiger partial charge in [-0.2, -0.15) is 15.0 Å². The highest BCUT2D eigenvalue weighted by molar-refractivity contribution is 6.28. The van der Waals surface area contributed by atoms with Gasteiger partial charge in [-0.25, -0.2) is 0 Å². The zero-order valence-electron chi connectivity index (χ0n) is 12.0. The molecule has 20 heavy (non-hydrogen) atoms. The number of rotatable bonds is 4. The Morgan fingerprint density at radius 1 is 1.15 bits per heavy atom. The molecule has 0 saturated heterocycles. The molecule has 1 aromatic heterocycles. The Hall–Kier alpha value is -1.88. The molecule has 0 aliphatic heterocycles. The van der Waals surface area contributed by atoms with E-state index in [1.165, 1.54) is 0 Å². The summed E-state index contributed by atoms with van der Waals surface area (Å²) >= 11 is 5.95. The quantitative estimate of drug-likeness (QED) is 0.867. The molecule has 1 aromatic carbocycles. The van der Waals surface area contributed by atoms with Crippen molar-refractivity contribution >= 4 is 17.5 Å². The summed E-state index contributed by atoms with van der Waals surface area (Å²) in [7, 11) is 3.71. The summed E-state index contributed by atoms with van der Waals surface area (Å²) in [5.74, 6) is 1.83. The van der Waals surface area contributed by atoms with Crippen LogP contribution in [0.5, 0.6) is 5.75 Å². The van der Waals surface area contributed by atoms with Gasteiger partial charge in [-0.1, -0.05) is 12.1 Å². The minimum atomic E-state index is 0.115. The van der Waals surface area contributed by atoms with E-state index in [0.29, 0.717) is 11.8 Å². The van der Waals surface area contributed by atoms with Crippen LogP contribution in [-0.2, 0) is 0 Å². The van der Waals surface area contributed by atoms with Gasteiger partial charge in [0.25, 0.3) is 0 Å². The normalized spacial score (nSPS) is 10.7. The van der Waals surface area contributed by atoms with Gasteiger partial charge in [0, 0.05) is 19.7 Å². The highest BCUT2D eigenvalue weighted by Gasteiger charge is 2.10. The molecule has 0 radical (unpaired) electrons. The summed E-state index contributed by atoms with van der Waals surface area (Å²) in [5, 5.41) is 0.175. The van der Waals surface area contributed by atoms with Crippen molar-refractivity contribution in [3.8, 4) is 17.1 Å². The molecule has 0 saturated carbocycles. The Morgan fingerprint density at radius 3 is 2.55 bits per heavy atom. The number of aromatic nitrogens is 3. The van der Waals surface area contributed by atoms with Crippen molar-refractivity contribution in [3.05, 3.63) is 29.5 Å². The maximum absolute atomic E-state index is 5.95. The Labute approximate surface area is 123 Å². The summed E-state index contributed by atoms with van der Waals surface area (Å²) in [6, 6.07) is 7.61. The van der Waals surface area contributed by atoms with Crippen molar-refractivity contribution in [2.24, 2.45) is 0 Å². The van der Waals surface area contributed by atoms with Gasteiger partial charge < -0.3 is 9.64 Å². The molecule has 6 heteroatoms. The van der Waals surface area contributed by atoms with E-state index in [1.54, 1.807) is 4.90 Å². The third kappa shape index (κ3) is 3.57. The van der Waals surface area contributed by atoms with E-state index in [1.807, 2.05) is 52.2 Å². The number of hydrogen-bond donors (Lipinski definition) is 0. The average Bonchev–Trinajstić information content (AvgIpc) is 2.37. The molecule has 1 heterocycles. The van der Waals surface area contributed by atoms with E-state index < -0.39 is 0 Å². The molecular formula is C14H17ClN4O. The molecule has 5 nitrogen and oxygen atoms in total. The molecule has 2 rings (SSSR count). The van der Waals surface area contributed by atoms with Crippen LogP contribution in [0.3, 0.4) is 0 Å². The van der Waals surface area contributed by atoms with Gasteiger partial charge in [0.1, 0.15) is 5.75 Å². The topological polar surface area (TPSA) is 51.1 Å². The van der Waals surface area contributed by atoms with E-state index in [4.69, 9.17) is 16.3 Å². The van der Waals surface area contributed by atoms with E-state index in [-0.39, 0.29) is 11.4 Å². The molecule has 0 aliphatic carbocycles. The van der Waals surface area contributed by atoms with Gasteiger partial charge >= 0.3 is 0 Å². The maximum atomic E-state index is 5.95. The minimum absolute atomic E-state index is 0.115. The third-order valence-electron chi connectivity index (χ3n) is 2.46. The summed E-state index contributed by atoms with van der Waals surface area (Å²) < 4.78 is 5.67. The highest BCUT2D eigenvalue weighted by atomic mass is 35.5. The molecule has 0 N–H and O–H groups in total. The molecule has 0 unspecified atom stereocenters. The van der Waals surface area contributed by atoms with Gasteiger partial charge in [-0.05, 0) is 37.6 Å².